The van der Waals surface area contributed by atoms with Gasteiger partial charge in [-0.1, -0.05) is 30.3 Å². The fourth-order valence-corrected chi connectivity index (χ4v) is 1.71. The van der Waals surface area contributed by atoms with Crippen molar-refractivity contribution in [1.29, 1.82) is 0 Å². The molecule has 7 nitrogen and oxygen atoms in total. The molecule has 24 heavy (non-hydrogen) atoms. The first-order valence-corrected chi connectivity index (χ1v) is 7.98. The van der Waals surface area contributed by atoms with Gasteiger partial charge >= 0.3 is 12.1 Å². The number of hydrogen-bond donors (Lipinski definition) is 1. The van der Waals surface area contributed by atoms with Gasteiger partial charge in [-0.3, -0.25) is 4.79 Å². The highest BCUT2D eigenvalue weighted by Gasteiger charge is 2.02. The molecule has 0 saturated carbocycles. The standard InChI is InChI=1S/C17H25NO6/c1-2-23-16(19)8-10-21-12-13-22-11-9-18-17(20)24-14-15-6-4-3-5-7-15/h3-7H,2,8-14H2,1H3,(H,18,20). The lowest BCUT2D eigenvalue weighted by Gasteiger charge is -2.08. The Kier molecular flexibility index (Phi) is 11.1. The molecule has 0 radical (unpaired) electrons. The summed E-state index contributed by atoms with van der Waals surface area (Å²) in [5, 5.41) is 2.60. The zero-order chi connectivity index (χ0) is 17.5. The second kappa shape index (κ2) is 13.3. The third-order valence-corrected chi connectivity index (χ3v) is 2.86. The summed E-state index contributed by atoms with van der Waals surface area (Å²) in [6.07, 6.45) is -0.240. The lowest BCUT2D eigenvalue weighted by molar-refractivity contribution is -0.144. The Morgan fingerprint density at radius 2 is 1.67 bits per heavy atom. The van der Waals surface area contributed by atoms with Crippen LogP contribution in [0.1, 0.15) is 18.9 Å². The van der Waals surface area contributed by atoms with E-state index in [9.17, 15) is 9.59 Å². The van der Waals surface area contributed by atoms with E-state index in [1.807, 2.05) is 30.3 Å². The zero-order valence-electron chi connectivity index (χ0n) is 14.0. The van der Waals surface area contributed by atoms with E-state index in [0.717, 1.165) is 5.56 Å². The summed E-state index contributed by atoms with van der Waals surface area (Å²) < 4.78 is 20.3. The van der Waals surface area contributed by atoms with Crippen LogP contribution in [0.25, 0.3) is 0 Å². The predicted octanol–water partition coefficient (Wildman–Crippen LogP) is 1.90. The van der Waals surface area contributed by atoms with Gasteiger partial charge in [-0.15, -0.1) is 0 Å². The van der Waals surface area contributed by atoms with Crippen LogP contribution in [-0.4, -0.2) is 51.6 Å². The van der Waals surface area contributed by atoms with Gasteiger partial charge in [0, 0.05) is 6.54 Å². The highest BCUT2D eigenvalue weighted by Crippen LogP contribution is 2.00. The maximum atomic E-state index is 11.5. The lowest BCUT2D eigenvalue weighted by Crippen LogP contribution is -2.28. The van der Waals surface area contributed by atoms with Crippen molar-refractivity contribution in [2.45, 2.75) is 20.0 Å². The molecule has 0 unspecified atom stereocenters. The number of alkyl carbamates (subject to hydrolysis) is 1. The molecule has 1 aromatic carbocycles. The van der Waals surface area contributed by atoms with Crippen LogP contribution in [0.3, 0.4) is 0 Å². The first-order chi connectivity index (χ1) is 11.7. The molecule has 0 atom stereocenters. The smallest absolute Gasteiger partial charge is 0.407 e. The van der Waals surface area contributed by atoms with Crippen LogP contribution >= 0.6 is 0 Å². The molecule has 0 spiro atoms. The number of carbonyl (C=O) groups is 2. The van der Waals surface area contributed by atoms with E-state index in [0.29, 0.717) is 39.6 Å². The van der Waals surface area contributed by atoms with Gasteiger partial charge in [-0.2, -0.15) is 0 Å². The van der Waals surface area contributed by atoms with E-state index in [2.05, 4.69) is 5.32 Å². The number of amides is 1. The normalized spacial score (nSPS) is 10.2. The Morgan fingerprint density at radius 1 is 0.958 bits per heavy atom. The van der Waals surface area contributed by atoms with Crippen LogP contribution in [0.2, 0.25) is 0 Å². The van der Waals surface area contributed by atoms with Crippen LogP contribution in [0, 0.1) is 0 Å². The number of ether oxygens (including phenoxy) is 4. The van der Waals surface area contributed by atoms with E-state index in [4.69, 9.17) is 18.9 Å². The van der Waals surface area contributed by atoms with Gasteiger partial charge in [-0.05, 0) is 12.5 Å². The molecule has 1 aromatic rings. The molecule has 0 bridgehead atoms. The third kappa shape index (κ3) is 10.6. The Bertz CT molecular complexity index is 465. The number of rotatable bonds is 12. The van der Waals surface area contributed by atoms with E-state index < -0.39 is 6.09 Å². The Morgan fingerprint density at radius 3 is 2.38 bits per heavy atom. The average molecular weight is 339 g/mol. The maximum Gasteiger partial charge on any atom is 0.407 e. The second-order valence-corrected chi connectivity index (χ2v) is 4.77. The molecule has 0 heterocycles. The van der Waals surface area contributed by atoms with Crippen LogP contribution in [0.4, 0.5) is 4.79 Å². The number of nitrogens with one attached hydrogen (secondary N) is 1. The monoisotopic (exact) mass is 339 g/mol. The highest BCUT2D eigenvalue weighted by atomic mass is 16.6. The van der Waals surface area contributed by atoms with Crippen molar-refractivity contribution in [3.8, 4) is 0 Å². The number of carbonyl (C=O) groups excluding carboxylic acids is 2. The molecule has 0 fully saturated rings. The van der Waals surface area contributed by atoms with Crippen LogP contribution in [0.5, 0.6) is 0 Å². The Hall–Kier alpha value is -2.12. The molecule has 1 N–H and O–H groups in total. The van der Waals surface area contributed by atoms with Gasteiger partial charge in [0.05, 0.1) is 39.5 Å². The minimum absolute atomic E-state index is 0.238. The lowest BCUT2D eigenvalue weighted by atomic mass is 10.2. The van der Waals surface area contributed by atoms with Gasteiger partial charge in [0.25, 0.3) is 0 Å². The van der Waals surface area contributed by atoms with E-state index in [1.54, 1.807) is 6.92 Å². The average Bonchev–Trinajstić information content (AvgIpc) is 2.59. The van der Waals surface area contributed by atoms with E-state index >= 15 is 0 Å². The molecule has 0 saturated heterocycles. The van der Waals surface area contributed by atoms with Crippen molar-refractivity contribution in [2.75, 3.05) is 39.6 Å². The molecular weight excluding hydrogens is 314 g/mol. The summed E-state index contributed by atoms with van der Waals surface area (Å²) in [6.45, 7) is 4.19. The Balaban J connectivity index is 1.87. The molecule has 0 aliphatic carbocycles. The van der Waals surface area contributed by atoms with Gasteiger partial charge in [0.15, 0.2) is 0 Å². The summed E-state index contributed by atoms with van der Waals surface area (Å²) in [7, 11) is 0. The minimum Gasteiger partial charge on any atom is -0.466 e. The van der Waals surface area contributed by atoms with Crippen molar-refractivity contribution in [1.82, 2.24) is 5.32 Å². The van der Waals surface area contributed by atoms with Gasteiger partial charge in [0.1, 0.15) is 6.61 Å². The first-order valence-electron chi connectivity index (χ1n) is 7.98. The topological polar surface area (TPSA) is 83.1 Å². The summed E-state index contributed by atoms with van der Waals surface area (Å²) >= 11 is 0. The molecule has 0 aliphatic heterocycles. The van der Waals surface area contributed by atoms with Crippen LogP contribution in [0.15, 0.2) is 30.3 Å². The first kappa shape index (κ1) is 19.9. The summed E-state index contributed by atoms with van der Waals surface area (Å²) in [4.78, 5) is 22.5. The third-order valence-electron chi connectivity index (χ3n) is 2.86. The van der Waals surface area contributed by atoms with Crippen molar-refractivity contribution >= 4 is 12.1 Å². The summed E-state index contributed by atoms with van der Waals surface area (Å²) in [6, 6.07) is 9.46. The molecule has 1 amide bonds. The van der Waals surface area contributed by atoms with Crippen molar-refractivity contribution in [3.63, 3.8) is 0 Å². The summed E-state index contributed by atoms with van der Waals surface area (Å²) in [5.74, 6) is -0.267. The van der Waals surface area contributed by atoms with Gasteiger partial charge in [-0.25, -0.2) is 4.79 Å². The van der Waals surface area contributed by atoms with Crippen LogP contribution < -0.4 is 5.32 Å². The molecule has 0 aliphatic rings. The second-order valence-electron chi connectivity index (χ2n) is 4.77. The molecule has 7 heteroatoms. The fourth-order valence-electron chi connectivity index (χ4n) is 1.71. The van der Waals surface area contributed by atoms with E-state index in [-0.39, 0.29) is 19.0 Å². The zero-order valence-corrected chi connectivity index (χ0v) is 14.0. The van der Waals surface area contributed by atoms with Crippen molar-refractivity contribution < 1.29 is 28.5 Å². The Labute approximate surface area is 142 Å². The van der Waals surface area contributed by atoms with E-state index in [1.165, 1.54) is 0 Å². The number of benzene rings is 1. The molecule has 1 rings (SSSR count). The van der Waals surface area contributed by atoms with Crippen molar-refractivity contribution in [3.05, 3.63) is 35.9 Å². The van der Waals surface area contributed by atoms with Crippen LogP contribution in [-0.2, 0) is 30.3 Å². The largest absolute Gasteiger partial charge is 0.466 e. The molecular formula is C17H25NO6. The highest BCUT2D eigenvalue weighted by molar-refractivity contribution is 5.69. The fraction of sp³-hybridized carbons (Fsp3) is 0.529. The quantitative estimate of drug-likeness (QED) is 0.463. The SMILES string of the molecule is CCOC(=O)CCOCCOCCNC(=O)OCc1ccccc1. The molecule has 134 valence electrons. The minimum atomic E-state index is -0.479. The number of esters is 1. The number of hydrogen-bond acceptors (Lipinski definition) is 6. The predicted molar refractivity (Wildman–Crippen MR) is 87.5 cm³/mol. The van der Waals surface area contributed by atoms with Gasteiger partial charge < -0.3 is 24.3 Å². The maximum absolute atomic E-state index is 11.5. The summed E-state index contributed by atoms with van der Waals surface area (Å²) in [5.41, 5.74) is 0.934. The van der Waals surface area contributed by atoms with Crippen molar-refractivity contribution in [2.24, 2.45) is 0 Å². The molecule has 0 aromatic heterocycles. The van der Waals surface area contributed by atoms with Gasteiger partial charge in [0.2, 0.25) is 0 Å².